The number of hydrogen-bond donors (Lipinski definition) is 1. The van der Waals surface area contributed by atoms with E-state index in [4.69, 9.17) is 0 Å². The van der Waals surface area contributed by atoms with Gasteiger partial charge in [-0.2, -0.15) is 12.6 Å². The minimum atomic E-state index is 0.0810. The van der Waals surface area contributed by atoms with Gasteiger partial charge in [0, 0.05) is 4.48 Å². The summed E-state index contributed by atoms with van der Waals surface area (Å²) >= 11 is 10.2. The second-order valence-electron chi connectivity index (χ2n) is 0.783. The molecule has 0 amide bonds. The molecule has 0 rings (SSSR count). The van der Waals surface area contributed by atoms with Gasteiger partial charge in [-0.15, -0.1) is 0 Å². The van der Waals surface area contributed by atoms with E-state index >= 15 is 0 Å². The predicted molar refractivity (Wildman–Crippen MR) is 39.8 cm³/mol. The van der Waals surface area contributed by atoms with E-state index in [9.17, 15) is 0 Å². The van der Waals surface area contributed by atoms with Crippen LogP contribution in [-0.4, -0.2) is 4.16 Å². The Kier molecular flexibility index (Phi) is 3.65. The van der Waals surface area contributed by atoms with Crippen molar-refractivity contribution in [3.05, 3.63) is 11.1 Å². The molecule has 0 heterocycles. The SMILES string of the molecule is C=C(Br)C(S)Br. The molecule has 3 heteroatoms. The zero-order valence-corrected chi connectivity index (χ0v) is 7.05. The van der Waals surface area contributed by atoms with E-state index in [-0.39, 0.29) is 4.16 Å². The van der Waals surface area contributed by atoms with Crippen molar-refractivity contribution < 1.29 is 0 Å². The summed E-state index contributed by atoms with van der Waals surface area (Å²) in [5, 5.41) is 0. The number of hydrogen-bond acceptors (Lipinski definition) is 1. The Morgan fingerprint density at radius 2 is 2.00 bits per heavy atom. The molecule has 0 aromatic heterocycles. The topological polar surface area (TPSA) is 0 Å². The highest BCUT2D eigenvalue weighted by Gasteiger charge is 1.93. The van der Waals surface area contributed by atoms with Gasteiger partial charge in [0.2, 0.25) is 0 Å². The fourth-order valence-corrected chi connectivity index (χ4v) is 0. The molecule has 0 N–H and O–H groups in total. The van der Waals surface area contributed by atoms with Crippen molar-refractivity contribution in [2.75, 3.05) is 0 Å². The summed E-state index contributed by atoms with van der Waals surface area (Å²) in [6.07, 6.45) is 0. The first-order valence-corrected chi connectivity index (χ1v) is 3.53. The molecule has 1 atom stereocenters. The summed E-state index contributed by atoms with van der Waals surface area (Å²) < 4.78 is 0.934. The molecule has 0 aliphatic rings. The average molecular weight is 232 g/mol. The standard InChI is InChI=1S/C3H4Br2S/c1-2(4)3(5)6/h3,6H,1H2. The largest absolute Gasteiger partial charge is 0.159 e. The number of rotatable bonds is 1. The van der Waals surface area contributed by atoms with Crippen LogP contribution < -0.4 is 0 Å². The van der Waals surface area contributed by atoms with Crippen molar-refractivity contribution >= 4 is 44.5 Å². The molecular formula is C3H4Br2S. The summed E-state index contributed by atoms with van der Waals surface area (Å²) in [7, 11) is 0. The lowest BCUT2D eigenvalue weighted by atomic mass is 10.8. The molecule has 0 bridgehead atoms. The summed E-state index contributed by atoms with van der Waals surface area (Å²) in [5.74, 6) is 0. The monoisotopic (exact) mass is 230 g/mol. The molecule has 0 nitrogen and oxygen atoms in total. The van der Waals surface area contributed by atoms with Gasteiger partial charge in [-0.1, -0.05) is 38.4 Å². The van der Waals surface area contributed by atoms with Crippen LogP contribution in [0.4, 0.5) is 0 Å². The molecule has 6 heavy (non-hydrogen) atoms. The third-order valence-electron chi connectivity index (χ3n) is 0.258. The normalized spacial score (nSPS) is 13.8. The maximum absolute atomic E-state index is 3.96. The molecule has 36 valence electrons. The molecule has 0 aliphatic heterocycles. The van der Waals surface area contributed by atoms with Crippen molar-refractivity contribution in [3.8, 4) is 0 Å². The third kappa shape index (κ3) is 3.25. The minimum absolute atomic E-state index is 0.0810. The zero-order valence-electron chi connectivity index (χ0n) is 2.99. The fourth-order valence-electron chi connectivity index (χ4n) is 0. The molecule has 1 unspecified atom stereocenters. The number of thiol groups is 1. The predicted octanol–water partition coefficient (Wildman–Crippen LogP) is 2.55. The maximum Gasteiger partial charge on any atom is 0.0878 e. The van der Waals surface area contributed by atoms with E-state index in [1.165, 1.54) is 0 Å². The Morgan fingerprint density at radius 3 is 2.00 bits per heavy atom. The van der Waals surface area contributed by atoms with Gasteiger partial charge in [0.05, 0.1) is 4.16 Å². The molecule has 0 aromatic carbocycles. The van der Waals surface area contributed by atoms with Crippen LogP contribution >= 0.6 is 44.5 Å². The van der Waals surface area contributed by atoms with E-state index < -0.39 is 0 Å². The van der Waals surface area contributed by atoms with Crippen LogP contribution in [0.2, 0.25) is 0 Å². The first-order valence-electron chi connectivity index (χ1n) is 1.31. The summed E-state index contributed by atoms with van der Waals surface area (Å²) in [6.45, 7) is 3.55. The van der Waals surface area contributed by atoms with Gasteiger partial charge in [0.25, 0.3) is 0 Å². The summed E-state index contributed by atoms with van der Waals surface area (Å²) in [6, 6.07) is 0. The first-order chi connectivity index (χ1) is 2.64. The van der Waals surface area contributed by atoms with Gasteiger partial charge < -0.3 is 0 Å². The molecular weight excluding hydrogens is 228 g/mol. The fraction of sp³-hybridized carbons (Fsp3) is 0.333. The van der Waals surface area contributed by atoms with E-state index in [1.54, 1.807) is 0 Å². The Hall–Kier alpha value is 1.05. The zero-order chi connectivity index (χ0) is 5.15. The quantitative estimate of drug-likeness (QED) is 0.521. The lowest BCUT2D eigenvalue weighted by Crippen LogP contribution is -1.77. The minimum Gasteiger partial charge on any atom is -0.159 e. The van der Waals surface area contributed by atoms with Crippen molar-refractivity contribution in [2.24, 2.45) is 0 Å². The first kappa shape index (κ1) is 7.05. The van der Waals surface area contributed by atoms with Crippen LogP contribution in [0.15, 0.2) is 11.1 Å². The Bertz CT molecular complexity index is 59.8. The highest BCUT2D eigenvalue weighted by Crippen LogP contribution is 2.18. The van der Waals surface area contributed by atoms with Crippen molar-refractivity contribution in [3.63, 3.8) is 0 Å². The molecule has 0 radical (unpaired) electrons. The van der Waals surface area contributed by atoms with Crippen molar-refractivity contribution in [1.29, 1.82) is 0 Å². The van der Waals surface area contributed by atoms with Gasteiger partial charge in [-0.25, -0.2) is 0 Å². The van der Waals surface area contributed by atoms with Crippen molar-refractivity contribution in [1.82, 2.24) is 0 Å². The van der Waals surface area contributed by atoms with Crippen molar-refractivity contribution in [2.45, 2.75) is 4.16 Å². The smallest absolute Gasteiger partial charge is 0.0878 e. The van der Waals surface area contributed by atoms with E-state index in [2.05, 4.69) is 51.1 Å². The summed E-state index contributed by atoms with van der Waals surface area (Å²) in [5.41, 5.74) is 0. The van der Waals surface area contributed by atoms with Gasteiger partial charge >= 0.3 is 0 Å². The van der Waals surface area contributed by atoms with E-state index in [0.29, 0.717) is 0 Å². The molecule has 0 saturated heterocycles. The van der Waals surface area contributed by atoms with Crippen LogP contribution in [0.25, 0.3) is 0 Å². The number of alkyl halides is 1. The number of halogens is 2. The van der Waals surface area contributed by atoms with Gasteiger partial charge in [-0.05, 0) is 0 Å². The molecule has 0 saturated carbocycles. The second kappa shape index (κ2) is 3.10. The summed E-state index contributed by atoms with van der Waals surface area (Å²) in [4.78, 5) is 0. The van der Waals surface area contributed by atoms with Crippen LogP contribution in [0, 0.1) is 0 Å². The Labute approximate surface area is 59.7 Å². The van der Waals surface area contributed by atoms with Crippen LogP contribution in [0.5, 0.6) is 0 Å². The Morgan fingerprint density at radius 1 is 1.83 bits per heavy atom. The third-order valence-corrected chi connectivity index (χ3v) is 2.55. The molecule has 0 aromatic rings. The molecule has 0 fully saturated rings. The van der Waals surface area contributed by atoms with Gasteiger partial charge in [0.1, 0.15) is 0 Å². The lowest BCUT2D eigenvalue weighted by Gasteiger charge is -1.92. The maximum atomic E-state index is 3.96. The lowest BCUT2D eigenvalue weighted by molar-refractivity contribution is 1.71. The second-order valence-corrected chi connectivity index (χ2v) is 3.94. The average Bonchev–Trinajstić information content (AvgIpc) is 1.36. The highest BCUT2D eigenvalue weighted by molar-refractivity contribution is 9.14. The van der Waals surface area contributed by atoms with E-state index in [0.717, 1.165) is 4.48 Å². The highest BCUT2D eigenvalue weighted by atomic mass is 79.9. The van der Waals surface area contributed by atoms with Crippen LogP contribution in [-0.2, 0) is 0 Å². The van der Waals surface area contributed by atoms with Gasteiger partial charge in [0.15, 0.2) is 0 Å². The molecule has 0 spiro atoms. The molecule has 0 aliphatic carbocycles. The van der Waals surface area contributed by atoms with Crippen LogP contribution in [0.3, 0.4) is 0 Å². The van der Waals surface area contributed by atoms with Crippen LogP contribution in [0.1, 0.15) is 0 Å². The Balaban J connectivity index is 3.26. The van der Waals surface area contributed by atoms with E-state index in [1.807, 2.05) is 0 Å². The van der Waals surface area contributed by atoms with Gasteiger partial charge in [-0.3, -0.25) is 0 Å².